The van der Waals surface area contributed by atoms with Crippen LogP contribution in [0, 0.1) is 0 Å². The molecule has 1 saturated heterocycles. The lowest BCUT2D eigenvalue weighted by molar-refractivity contribution is -0.130. The highest BCUT2D eigenvalue weighted by Crippen LogP contribution is 2.28. The summed E-state index contributed by atoms with van der Waals surface area (Å²) in [6, 6.07) is 7.88. The Morgan fingerprint density at radius 2 is 2.24 bits per heavy atom. The fourth-order valence-corrected chi connectivity index (χ4v) is 2.09. The van der Waals surface area contributed by atoms with Crippen molar-refractivity contribution in [1.29, 1.82) is 0 Å². The Labute approximate surface area is 99.0 Å². The molecule has 0 saturated carbocycles. The summed E-state index contributed by atoms with van der Waals surface area (Å²) < 4.78 is 5.48. The lowest BCUT2D eigenvalue weighted by Gasteiger charge is -2.24. The van der Waals surface area contributed by atoms with Gasteiger partial charge in [0.15, 0.2) is 6.10 Å². The van der Waals surface area contributed by atoms with Crippen LogP contribution in [0.2, 0.25) is 0 Å². The van der Waals surface area contributed by atoms with Crippen LogP contribution < -0.4 is 5.32 Å². The predicted octanol–water partition coefficient (Wildman–Crippen LogP) is 1.34. The quantitative estimate of drug-likeness (QED) is 0.788. The second-order valence-corrected chi connectivity index (χ2v) is 4.19. The van der Waals surface area contributed by atoms with Gasteiger partial charge in [-0.2, -0.15) is 0 Å². The number of benzene rings is 1. The number of hydrogen-bond donors (Lipinski definition) is 1. The third-order valence-corrected chi connectivity index (χ3v) is 2.89. The van der Waals surface area contributed by atoms with Crippen LogP contribution in [0.3, 0.4) is 0 Å². The van der Waals surface area contributed by atoms with Crippen LogP contribution in [-0.2, 0) is 16.0 Å². The van der Waals surface area contributed by atoms with Crippen LogP contribution in [0.5, 0.6) is 0 Å². The molecule has 0 radical (unpaired) electrons. The Kier molecular flexibility index (Phi) is 2.30. The topological polar surface area (TPSA) is 50.7 Å². The van der Waals surface area contributed by atoms with E-state index in [2.05, 4.69) is 16.9 Å². The summed E-state index contributed by atoms with van der Waals surface area (Å²) >= 11 is 0. The number of ether oxygens (including phenoxy) is 1. The second kappa shape index (κ2) is 3.82. The second-order valence-electron chi connectivity index (χ2n) is 4.19. The van der Waals surface area contributed by atoms with Crippen molar-refractivity contribution >= 4 is 17.3 Å². The normalized spacial score (nSPS) is 23.1. The van der Waals surface area contributed by atoms with Crippen molar-refractivity contribution in [2.75, 3.05) is 6.61 Å². The minimum atomic E-state index is -0.576. The van der Waals surface area contributed by atoms with Gasteiger partial charge in [-0.15, -0.1) is 0 Å². The number of morpholine rings is 1. The van der Waals surface area contributed by atoms with E-state index in [0.29, 0.717) is 18.7 Å². The zero-order valence-electron chi connectivity index (χ0n) is 9.27. The van der Waals surface area contributed by atoms with Crippen molar-refractivity contribution in [1.82, 2.24) is 5.32 Å². The van der Waals surface area contributed by atoms with Gasteiger partial charge in [0.05, 0.1) is 18.0 Å². The third kappa shape index (κ3) is 1.76. The van der Waals surface area contributed by atoms with Gasteiger partial charge < -0.3 is 10.1 Å². The number of carbonyl (C=O) groups is 1. The van der Waals surface area contributed by atoms with Crippen LogP contribution in [0.4, 0.5) is 5.69 Å². The zero-order valence-corrected chi connectivity index (χ0v) is 9.27. The Balaban J connectivity index is 1.84. The highest BCUT2D eigenvalue weighted by molar-refractivity contribution is 6.11. The van der Waals surface area contributed by atoms with E-state index in [-0.39, 0.29) is 5.91 Å². The minimum Gasteiger partial charge on any atom is -0.356 e. The number of aliphatic imine (C=N–C) groups is 1. The molecule has 1 atom stereocenters. The van der Waals surface area contributed by atoms with E-state index in [4.69, 9.17) is 4.74 Å². The van der Waals surface area contributed by atoms with Crippen molar-refractivity contribution in [3.8, 4) is 0 Å². The van der Waals surface area contributed by atoms with Gasteiger partial charge in [0, 0.05) is 12.1 Å². The van der Waals surface area contributed by atoms with Gasteiger partial charge in [0.25, 0.3) is 5.91 Å². The van der Waals surface area contributed by atoms with Gasteiger partial charge in [-0.05, 0) is 11.6 Å². The minimum absolute atomic E-state index is 0.173. The predicted molar refractivity (Wildman–Crippen MR) is 64.3 cm³/mol. The number of nitrogens with one attached hydrogen (secondary N) is 1. The molecule has 1 aromatic carbocycles. The van der Waals surface area contributed by atoms with Crippen LogP contribution >= 0.6 is 0 Å². The van der Waals surface area contributed by atoms with Crippen molar-refractivity contribution < 1.29 is 9.53 Å². The number of amides is 1. The summed E-state index contributed by atoms with van der Waals surface area (Å²) in [5.74, 6) is -0.173. The molecular weight excluding hydrogens is 216 g/mol. The molecule has 2 aliphatic rings. The first-order valence-electron chi connectivity index (χ1n) is 5.49. The van der Waals surface area contributed by atoms with Gasteiger partial charge in [-0.25, -0.2) is 0 Å². The summed E-state index contributed by atoms with van der Waals surface area (Å²) in [5.41, 5.74) is 3.45. The monoisotopic (exact) mass is 228 g/mol. The van der Waals surface area contributed by atoms with E-state index in [9.17, 15) is 4.79 Å². The summed E-state index contributed by atoms with van der Waals surface area (Å²) in [7, 11) is 0. The van der Waals surface area contributed by atoms with Gasteiger partial charge in [-0.1, -0.05) is 24.8 Å². The smallest absolute Gasteiger partial charge is 0.259 e. The van der Waals surface area contributed by atoms with Gasteiger partial charge in [0.1, 0.15) is 0 Å². The number of nitrogens with zero attached hydrogens (tertiary/aromatic N) is 1. The molecule has 1 amide bonds. The van der Waals surface area contributed by atoms with Crippen LogP contribution in [0.1, 0.15) is 5.56 Å². The summed E-state index contributed by atoms with van der Waals surface area (Å²) in [6.07, 6.45) is 0.105. The first-order chi connectivity index (χ1) is 8.24. The first-order valence-corrected chi connectivity index (χ1v) is 5.49. The van der Waals surface area contributed by atoms with Gasteiger partial charge >= 0.3 is 0 Å². The Morgan fingerprint density at radius 1 is 1.41 bits per heavy atom. The molecule has 2 aliphatic heterocycles. The molecule has 0 bridgehead atoms. The van der Waals surface area contributed by atoms with Crippen molar-refractivity contribution in [2.24, 2.45) is 4.99 Å². The molecule has 0 aliphatic carbocycles. The maximum absolute atomic E-state index is 11.8. The average Bonchev–Trinajstić information content (AvgIpc) is 2.72. The number of rotatable bonds is 1. The Hall–Kier alpha value is -1.94. The fourth-order valence-electron chi connectivity index (χ4n) is 2.09. The zero-order chi connectivity index (χ0) is 11.8. The highest BCUT2D eigenvalue weighted by Gasteiger charge is 2.32. The standard InChI is InChI=1S/C13H12N2O2/c1-8-7-17-12(13(16)14-8)11-6-9-4-2-3-5-10(9)15-11/h2-5,12H,1,6-7H2,(H,14,16). The van der Waals surface area contributed by atoms with E-state index >= 15 is 0 Å². The molecule has 86 valence electrons. The van der Waals surface area contributed by atoms with E-state index in [0.717, 1.165) is 17.0 Å². The molecule has 1 N–H and O–H groups in total. The highest BCUT2D eigenvalue weighted by atomic mass is 16.5. The fraction of sp³-hybridized carbons (Fsp3) is 0.231. The molecule has 4 nitrogen and oxygen atoms in total. The summed E-state index contributed by atoms with van der Waals surface area (Å²) in [4.78, 5) is 16.2. The van der Waals surface area contributed by atoms with E-state index in [1.807, 2.05) is 24.3 Å². The van der Waals surface area contributed by atoms with Crippen molar-refractivity contribution in [3.63, 3.8) is 0 Å². The molecule has 0 aromatic heterocycles. The average molecular weight is 228 g/mol. The van der Waals surface area contributed by atoms with E-state index in [1.165, 1.54) is 0 Å². The van der Waals surface area contributed by atoms with Crippen molar-refractivity contribution in [2.45, 2.75) is 12.5 Å². The van der Waals surface area contributed by atoms with Crippen molar-refractivity contribution in [3.05, 3.63) is 42.1 Å². The maximum atomic E-state index is 11.8. The Morgan fingerprint density at radius 3 is 3.00 bits per heavy atom. The molecule has 3 rings (SSSR count). The molecule has 1 aromatic rings. The van der Waals surface area contributed by atoms with E-state index < -0.39 is 6.10 Å². The number of fused-ring (bicyclic) bond motifs is 1. The SMILES string of the molecule is C=C1COC(C2=Nc3ccccc3C2)C(=O)N1. The summed E-state index contributed by atoms with van der Waals surface area (Å²) in [5, 5.41) is 2.69. The van der Waals surface area contributed by atoms with E-state index in [1.54, 1.807) is 0 Å². The molecule has 4 heteroatoms. The number of carbonyl (C=O) groups excluding carboxylic acids is 1. The third-order valence-electron chi connectivity index (χ3n) is 2.89. The summed E-state index contributed by atoms with van der Waals surface area (Å²) in [6.45, 7) is 4.02. The van der Waals surface area contributed by atoms with Crippen LogP contribution in [0.15, 0.2) is 41.5 Å². The number of para-hydroxylation sites is 1. The van der Waals surface area contributed by atoms with Crippen LogP contribution in [-0.4, -0.2) is 24.3 Å². The lowest BCUT2D eigenvalue weighted by atomic mass is 10.1. The molecule has 17 heavy (non-hydrogen) atoms. The Bertz CT molecular complexity index is 534. The lowest BCUT2D eigenvalue weighted by Crippen LogP contribution is -2.47. The van der Waals surface area contributed by atoms with Gasteiger partial charge in [0.2, 0.25) is 0 Å². The number of hydrogen-bond acceptors (Lipinski definition) is 3. The van der Waals surface area contributed by atoms with Crippen LogP contribution in [0.25, 0.3) is 0 Å². The molecule has 1 unspecified atom stereocenters. The first kappa shape index (κ1) is 10.2. The largest absolute Gasteiger partial charge is 0.356 e. The molecule has 0 spiro atoms. The maximum Gasteiger partial charge on any atom is 0.259 e. The molecule has 1 fully saturated rings. The van der Waals surface area contributed by atoms with Gasteiger partial charge in [-0.3, -0.25) is 9.79 Å². The molecule has 2 heterocycles. The molecular formula is C13H12N2O2.